The Morgan fingerprint density at radius 2 is 1.93 bits per heavy atom. The van der Waals surface area contributed by atoms with E-state index >= 15 is 0 Å². The van der Waals surface area contributed by atoms with Gasteiger partial charge in [-0.2, -0.15) is 0 Å². The molecule has 14 heavy (non-hydrogen) atoms. The smallest absolute Gasteiger partial charge is 0.227 e. The van der Waals surface area contributed by atoms with Crippen LogP contribution in [0.4, 0.5) is 5.95 Å². The van der Waals surface area contributed by atoms with Gasteiger partial charge in [0.1, 0.15) is 0 Å². The maximum Gasteiger partial charge on any atom is 0.227 e. The molecule has 0 saturated heterocycles. The number of anilines is 1. The second-order valence-electron chi connectivity index (χ2n) is 2.72. The summed E-state index contributed by atoms with van der Waals surface area (Å²) < 4.78 is 1.82. The van der Waals surface area contributed by atoms with Crippen molar-refractivity contribution in [3.05, 3.63) is 30.3 Å². The van der Waals surface area contributed by atoms with E-state index in [4.69, 9.17) is 5.73 Å². The number of hydrogen-bond donors (Lipinski definition) is 1. The SMILES string of the molecule is CSc1nnc(N)n1-c1ccccc1. The fourth-order valence-corrected chi connectivity index (χ4v) is 1.74. The molecule has 0 spiro atoms. The minimum atomic E-state index is 0.417. The fraction of sp³-hybridized carbons (Fsp3) is 0.111. The summed E-state index contributed by atoms with van der Waals surface area (Å²) in [5.41, 5.74) is 6.71. The van der Waals surface area contributed by atoms with Crippen LogP contribution in [0.1, 0.15) is 0 Å². The van der Waals surface area contributed by atoms with Gasteiger partial charge in [-0.3, -0.25) is 4.57 Å². The molecular weight excluding hydrogens is 196 g/mol. The molecule has 0 saturated carbocycles. The number of hydrogen-bond acceptors (Lipinski definition) is 4. The highest BCUT2D eigenvalue weighted by atomic mass is 32.2. The van der Waals surface area contributed by atoms with Crippen LogP contribution in [-0.2, 0) is 0 Å². The quantitative estimate of drug-likeness (QED) is 0.758. The highest BCUT2D eigenvalue weighted by Crippen LogP contribution is 2.20. The van der Waals surface area contributed by atoms with Crippen molar-refractivity contribution in [3.63, 3.8) is 0 Å². The normalized spacial score (nSPS) is 10.4. The molecule has 0 fully saturated rings. The van der Waals surface area contributed by atoms with Gasteiger partial charge in [-0.1, -0.05) is 30.0 Å². The summed E-state index contributed by atoms with van der Waals surface area (Å²) in [5.74, 6) is 0.417. The molecule has 5 heteroatoms. The topological polar surface area (TPSA) is 56.7 Å². The number of rotatable bonds is 2. The Morgan fingerprint density at radius 3 is 2.57 bits per heavy atom. The molecule has 1 heterocycles. The maximum atomic E-state index is 5.72. The molecule has 4 nitrogen and oxygen atoms in total. The first kappa shape index (κ1) is 9.08. The highest BCUT2D eigenvalue weighted by Gasteiger charge is 2.09. The zero-order chi connectivity index (χ0) is 9.97. The summed E-state index contributed by atoms with van der Waals surface area (Å²) in [4.78, 5) is 0. The number of nitrogens with two attached hydrogens (primary N) is 1. The molecule has 0 unspecified atom stereocenters. The Balaban J connectivity index is 2.55. The molecule has 0 bridgehead atoms. The molecule has 72 valence electrons. The van der Waals surface area contributed by atoms with Crippen molar-refractivity contribution in [2.45, 2.75) is 5.16 Å². The van der Waals surface area contributed by atoms with Crippen LogP contribution in [-0.4, -0.2) is 21.0 Å². The van der Waals surface area contributed by atoms with Crippen molar-refractivity contribution >= 4 is 17.7 Å². The van der Waals surface area contributed by atoms with Crippen molar-refractivity contribution in [3.8, 4) is 5.69 Å². The second kappa shape index (κ2) is 3.71. The van der Waals surface area contributed by atoms with E-state index in [1.165, 1.54) is 11.8 Å². The summed E-state index contributed by atoms with van der Waals surface area (Å²) in [6.45, 7) is 0. The Hall–Kier alpha value is -1.49. The van der Waals surface area contributed by atoms with Crippen molar-refractivity contribution in [1.82, 2.24) is 14.8 Å². The van der Waals surface area contributed by atoms with Crippen molar-refractivity contribution in [2.24, 2.45) is 0 Å². The van der Waals surface area contributed by atoms with Gasteiger partial charge in [0, 0.05) is 0 Å². The first-order valence-corrected chi connectivity index (χ1v) is 5.35. The van der Waals surface area contributed by atoms with E-state index in [0.717, 1.165) is 10.8 Å². The van der Waals surface area contributed by atoms with Crippen LogP contribution in [0, 0.1) is 0 Å². The second-order valence-corrected chi connectivity index (χ2v) is 3.49. The molecule has 0 aliphatic heterocycles. The lowest BCUT2D eigenvalue weighted by molar-refractivity contribution is 0.890. The lowest BCUT2D eigenvalue weighted by Gasteiger charge is -2.05. The lowest BCUT2D eigenvalue weighted by Crippen LogP contribution is -2.01. The summed E-state index contributed by atoms with van der Waals surface area (Å²) in [6, 6.07) is 9.82. The van der Waals surface area contributed by atoms with Crippen LogP contribution in [0.25, 0.3) is 5.69 Å². The third-order valence-electron chi connectivity index (χ3n) is 1.86. The third kappa shape index (κ3) is 1.46. The molecule has 2 N–H and O–H groups in total. The predicted molar refractivity (Wildman–Crippen MR) is 57.6 cm³/mol. The Labute approximate surface area is 86.1 Å². The van der Waals surface area contributed by atoms with Gasteiger partial charge in [-0.15, -0.1) is 10.2 Å². The molecule has 0 radical (unpaired) electrons. The lowest BCUT2D eigenvalue weighted by atomic mass is 10.3. The van der Waals surface area contributed by atoms with Gasteiger partial charge in [0.15, 0.2) is 5.16 Å². The Morgan fingerprint density at radius 1 is 1.21 bits per heavy atom. The number of thioether (sulfide) groups is 1. The number of aromatic nitrogens is 3. The minimum absolute atomic E-state index is 0.417. The standard InChI is InChI=1S/C9H10N4S/c1-14-9-12-11-8(10)13(9)7-5-3-2-4-6-7/h2-6H,1H3,(H2,10,11). The molecule has 0 amide bonds. The molecule has 0 aliphatic rings. The summed E-state index contributed by atoms with van der Waals surface area (Å²) in [7, 11) is 0. The van der Waals surface area contributed by atoms with Crippen LogP contribution in [0.2, 0.25) is 0 Å². The van der Waals surface area contributed by atoms with E-state index in [1.807, 2.05) is 41.2 Å². The van der Waals surface area contributed by atoms with E-state index in [1.54, 1.807) is 0 Å². The van der Waals surface area contributed by atoms with Gasteiger partial charge in [0.05, 0.1) is 5.69 Å². The van der Waals surface area contributed by atoms with Crippen molar-refractivity contribution < 1.29 is 0 Å². The number of benzene rings is 1. The fourth-order valence-electron chi connectivity index (χ4n) is 1.23. The maximum absolute atomic E-state index is 5.72. The Bertz CT molecular complexity index is 424. The van der Waals surface area contributed by atoms with Gasteiger partial charge in [0.2, 0.25) is 5.95 Å². The van der Waals surface area contributed by atoms with Gasteiger partial charge in [0.25, 0.3) is 0 Å². The number of nitrogens with zero attached hydrogens (tertiary/aromatic N) is 3. The first-order chi connectivity index (χ1) is 6.83. The zero-order valence-electron chi connectivity index (χ0n) is 7.71. The average molecular weight is 206 g/mol. The van der Waals surface area contributed by atoms with E-state index in [2.05, 4.69) is 10.2 Å². The van der Waals surface area contributed by atoms with Crippen molar-refractivity contribution in [2.75, 3.05) is 12.0 Å². The van der Waals surface area contributed by atoms with Crippen LogP contribution < -0.4 is 5.73 Å². The zero-order valence-corrected chi connectivity index (χ0v) is 8.53. The Kier molecular flexibility index (Phi) is 2.41. The summed E-state index contributed by atoms with van der Waals surface area (Å²) in [6.07, 6.45) is 1.95. The molecular formula is C9H10N4S. The average Bonchev–Trinajstić information content (AvgIpc) is 2.61. The third-order valence-corrected chi connectivity index (χ3v) is 2.48. The summed E-state index contributed by atoms with van der Waals surface area (Å²) in [5, 5.41) is 8.59. The van der Waals surface area contributed by atoms with Crippen LogP contribution in [0.3, 0.4) is 0 Å². The van der Waals surface area contributed by atoms with E-state index in [-0.39, 0.29) is 0 Å². The molecule has 1 aromatic heterocycles. The van der Waals surface area contributed by atoms with E-state index in [9.17, 15) is 0 Å². The van der Waals surface area contributed by atoms with E-state index in [0.29, 0.717) is 5.95 Å². The molecule has 0 aliphatic carbocycles. The van der Waals surface area contributed by atoms with Gasteiger partial charge < -0.3 is 5.73 Å². The largest absolute Gasteiger partial charge is 0.368 e. The number of para-hydroxylation sites is 1. The molecule has 2 aromatic rings. The molecule has 1 aromatic carbocycles. The summed E-state index contributed by atoms with van der Waals surface area (Å²) >= 11 is 1.52. The minimum Gasteiger partial charge on any atom is -0.368 e. The molecule has 2 rings (SSSR count). The van der Waals surface area contributed by atoms with E-state index < -0.39 is 0 Å². The van der Waals surface area contributed by atoms with Crippen molar-refractivity contribution in [1.29, 1.82) is 0 Å². The highest BCUT2D eigenvalue weighted by molar-refractivity contribution is 7.98. The first-order valence-electron chi connectivity index (χ1n) is 4.13. The van der Waals surface area contributed by atoms with Gasteiger partial charge in [-0.25, -0.2) is 0 Å². The van der Waals surface area contributed by atoms with Crippen LogP contribution >= 0.6 is 11.8 Å². The van der Waals surface area contributed by atoms with Crippen LogP contribution in [0.15, 0.2) is 35.5 Å². The van der Waals surface area contributed by atoms with Crippen LogP contribution in [0.5, 0.6) is 0 Å². The molecule has 0 atom stereocenters. The number of nitrogen functional groups attached to an aromatic ring is 1. The monoisotopic (exact) mass is 206 g/mol. The predicted octanol–water partition coefficient (Wildman–Crippen LogP) is 1.57. The van der Waals surface area contributed by atoms with Gasteiger partial charge in [-0.05, 0) is 18.4 Å². The van der Waals surface area contributed by atoms with Gasteiger partial charge >= 0.3 is 0 Å².